The molecule has 37 heavy (non-hydrogen) atoms. The van der Waals surface area contributed by atoms with Crippen LogP contribution in [0.1, 0.15) is 24.0 Å². The SMILES string of the molecule is O=C(NCc1cc(F)cc(-n2ccc(C(F)F)cc2=O)c1)C1CC(F)CN1S(=O)(=O)c1ccc(F)cc1. The highest BCUT2D eigenvalue weighted by Gasteiger charge is 2.44. The molecule has 1 aliphatic rings. The molecule has 0 bridgehead atoms. The van der Waals surface area contributed by atoms with Crippen molar-refractivity contribution in [2.24, 2.45) is 0 Å². The first kappa shape index (κ1) is 26.5. The Morgan fingerprint density at radius 2 is 1.73 bits per heavy atom. The predicted octanol–water partition coefficient (Wildman–Crippen LogP) is 3.47. The summed E-state index contributed by atoms with van der Waals surface area (Å²) in [5, 5.41) is 2.44. The van der Waals surface area contributed by atoms with Gasteiger partial charge in [-0.3, -0.25) is 14.2 Å². The first-order chi connectivity index (χ1) is 17.5. The zero-order valence-electron chi connectivity index (χ0n) is 19.0. The summed E-state index contributed by atoms with van der Waals surface area (Å²) in [4.78, 5) is 24.8. The largest absolute Gasteiger partial charge is 0.351 e. The Morgan fingerprint density at radius 3 is 2.38 bits per heavy atom. The van der Waals surface area contributed by atoms with Gasteiger partial charge in [0.15, 0.2) is 0 Å². The fourth-order valence-electron chi connectivity index (χ4n) is 4.03. The Morgan fingerprint density at radius 1 is 1.03 bits per heavy atom. The van der Waals surface area contributed by atoms with Gasteiger partial charge < -0.3 is 5.32 Å². The van der Waals surface area contributed by atoms with E-state index in [1.165, 1.54) is 6.07 Å². The van der Waals surface area contributed by atoms with Gasteiger partial charge in [-0.05, 0) is 54.1 Å². The summed E-state index contributed by atoms with van der Waals surface area (Å²) in [6, 6.07) is 7.61. The monoisotopic (exact) mass is 541 g/mol. The number of halogens is 5. The molecule has 0 saturated carbocycles. The Balaban J connectivity index is 1.52. The Labute approximate surface area is 208 Å². The van der Waals surface area contributed by atoms with Gasteiger partial charge in [0.2, 0.25) is 15.9 Å². The fraction of sp³-hybridized carbons (Fsp3) is 0.250. The van der Waals surface area contributed by atoms with Crippen LogP contribution in [0.5, 0.6) is 0 Å². The number of pyridine rings is 1. The summed E-state index contributed by atoms with van der Waals surface area (Å²) in [5.41, 5.74) is -1.12. The molecule has 1 aromatic heterocycles. The van der Waals surface area contributed by atoms with Crippen LogP contribution in [0.4, 0.5) is 22.0 Å². The molecule has 2 unspecified atom stereocenters. The zero-order chi connectivity index (χ0) is 26.9. The number of hydrogen-bond acceptors (Lipinski definition) is 4. The number of alkyl halides is 3. The van der Waals surface area contributed by atoms with Gasteiger partial charge in [0.05, 0.1) is 10.6 Å². The van der Waals surface area contributed by atoms with Gasteiger partial charge in [-0.1, -0.05) is 0 Å². The molecule has 2 atom stereocenters. The number of sulfonamides is 1. The van der Waals surface area contributed by atoms with Gasteiger partial charge in [0.25, 0.3) is 12.0 Å². The fourth-order valence-corrected chi connectivity index (χ4v) is 5.65. The normalized spacial score (nSPS) is 18.3. The van der Waals surface area contributed by atoms with Crippen LogP contribution in [0.25, 0.3) is 5.69 Å². The molecule has 1 fully saturated rings. The van der Waals surface area contributed by atoms with E-state index in [1.807, 2.05) is 0 Å². The van der Waals surface area contributed by atoms with Crippen molar-refractivity contribution in [3.63, 3.8) is 0 Å². The molecule has 0 aliphatic carbocycles. The van der Waals surface area contributed by atoms with E-state index in [1.54, 1.807) is 0 Å². The summed E-state index contributed by atoms with van der Waals surface area (Å²) < 4.78 is 94.8. The number of nitrogens with one attached hydrogen (secondary N) is 1. The molecule has 7 nitrogen and oxygen atoms in total. The molecule has 2 aromatic carbocycles. The van der Waals surface area contributed by atoms with E-state index in [0.717, 1.165) is 59.3 Å². The number of benzene rings is 2. The maximum absolute atomic E-state index is 14.3. The van der Waals surface area contributed by atoms with Crippen molar-refractivity contribution < 1.29 is 35.2 Å². The number of amides is 1. The van der Waals surface area contributed by atoms with E-state index in [9.17, 15) is 40.0 Å². The average Bonchev–Trinajstić information content (AvgIpc) is 3.25. The molecular formula is C24H20F5N3O4S. The summed E-state index contributed by atoms with van der Waals surface area (Å²) in [5.74, 6) is -2.29. The minimum absolute atomic E-state index is 0.0141. The molecule has 196 valence electrons. The van der Waals surface area contributed by atoms with E-state index in [2.05, 4.69) is 5.32 Å². The minimum Gasteiger partial charge on any atom is -0.351 e. The van der Waals surface area contributed by atoms with Crippen LogP contribution < -0.4 is 10.9 Å². The quantitative estimate of drug-likeness (QED) is 0.464. The van der Waals surface area contributed by atoms with Crippen LogP contribution in [0.2, 0.25) is 0 Å². The third-order valence-electron chi connectivity index (χ3n) is 5.81. The third kappa shape index (κ3) is 5.72. The number of hydrogen-bond donors (Lipinski definition) is 1. The van der Waals surface area contributed by atoms with E-state index in [0.29, 0.717) is 4.31 Å². The highest BCUT2D eigenvalue weighted by molar-refractivity contribution is 7.89. The zero-order valence-corrected chi connectivity index (χ0v) is 19.8. The van der Waals surface area contributed by atoms with Crippen molar-refractivity contribution in [1.82, 2.24) is 14.2 Å². The van der Waals surface area contributed by atoms with Crippen LogP contribution in [0.3, 0.4) is 0 Å². The van der Waals surface area contributed by atoms with Crippen molar-refractivity contribution >= 4 is 15.9 Å². The highest BCUT2D eigenvalue weighted by atomic mass is 32.2. The van der Waals surface area contributed by atoms with Gasteiger partial charge in [0.1, 0.15) is 23.8 Å². The first-order valence-corrected chi connectivity index (χ1v) is 12.4. The maximum Gasteiger partial charge on any atom is 0.264 e. The summed E-state index contributed by atoms with van der Waals surface area (Å²) in [7, 11) is -4.32. The molecule has 1 saturated heterocycles. The molecule has 0 radical (unpaired) electrons. The molecule has 2 heterocycles. The molecule has 4 rings (SSSR count). The lowest BCUT2D eigenvalue weighted by atomic mass is 10.1. The molecule has 1 amide bonds. The van der Waals surface area contributed by atoms with Gasteiger partial charge in [-0.25, -0.2) is 30.4 Å². The van der Waals surface area contributed by atoms with Crippen LogP contribution in [0.15, 0.2) is 70.5 Å². The smallest absolute Gasteiger partial charge is 0.264 e. The second kappa shape index (κ2) is 10.4. The van der Waals surface area contributed by atoms with Crippen molar-refractivity contribution in [3.8, 4) is 5.69 Å². The number of rotatable bonds is 7. The van der Waals surface area contributed by atoms with E-state index in [4.69, 9.17) is 0 Å². The lowest BCUT2D eigenvalue weighted by Gasteiger charge is -2.23. The maximum atomic E-state index is 14.3. The number of carbonyl (C=O) groups is 1. The summed E-state index contributed by atoms with van der Waals surface area (Å²) in [6.07, 6.45) is -3.81. The standard InChI is InChI=1S/C24H20F5N3O4S/c25-16-1-3-20(4-2-16)37(35,36)32-13-18(27)11-21(32)24(34)30-12-14-7-17(26)10-19(8-14)31-6-5-15(23(28)29)9-22(31)33/h1-10,18,21,23H,11-13H2,(H,30,34). The third-order valence-corrected chi connectivity index (χ3v) is 7.70. The Hall–Kier alpha value is -3.58. The van der Waals surface area contributed by atoms with E-state index < -0.39 is 70.3 Å². The lowest BCUT2D eigenvalue weighted by Crippen LogP contribution is -2.45. The van der Waals surface area contributed by atoms with Crippen molar-refractivity contribution in [2.75, 3.05) is 6.54 Å². The van der Waals surface area contributed by atoms with Crippen LogP contribution in [0, 0.1) is 11.6 Å². The molecule has 13 heteroatoms. The number of nitrogens with zero attached hydrogens (tertiary/aromatic N) is 2. The van der Waals surface area contributed by atoms with Gasteiger partial charge in [-0.2, -0.15) is 4.31 Å². The van der Waals surface area contributed by atoms with Crippen LogP contribution >= 0.6 is 0 Å². The Kier molecular flexibility index (Phi) is 7.46. The summed E-state index contributed by atoms with van der Waals surface area (Å²) >= 11 is 0. The first-order valence-electron chi connectivity index (χ1n) is 11.0. The molecular weight excluding hydrogens is 521 g/mol. The lowest BCUT2D eigenvalue weighted by molar-refractivity contribution is -0.124. The summed E-state index contributed by atoms with van der Waals surface area (Å²) in [6.45, 7) is -0.870. The minimum atomic E-state index is -4.32. The number of aromatic nitrogens is 1. The highest BCUT2D eigenvalue weighted by Crippen LogP contribution is 2.28. The van der Waals surface area contributed by atoms with Crippen molar-refractivity contribution in [2.45, 2.75) is 36.5 Å². The van der Waals surface area contributed by atoms with Crippen molar-refractivity contribution in [1.29, 1.82) is 0 Å². The molecule has 0 spiro atoms. The van der Waals surface area contributed by atoms with E-state index >= 15 is 0 Å². The Bertz CT molecular complexity index is 1480. The van der Waals surface area contributed by atoms with Gasteiger partial charge in [0, 0.05) is 37.3 Å². The van der Waals surface area contributed by atoms with Gasteiger partial charge >= 0.3 is 0 Å². The predicted molar refractivity (Wildman–Crippen MR) is 122 cm³/mol. The van der Waals surface area contributed by atoms with Crippen molar-refractivity contribution in [3.05, 3.63) is 93.9 Å². The second-order valence-corrected chi connectivity index (χ2v) is 10.3. The van der Waals surface area contributed by atoms with E-state index in [-0.39, 0.29) is 22.7 Å². The van der Waals surface area contributed by atoms with Gasteiger partial charge in [-0.15, -0.1) is 0 Å². The average molecular weight is 541 g/mol. The van der Waals surface area contributed by atoms with Crippen LogP contribution in [-0.2, 0) is 21.4 Å². The topological polar surface area (TPSA) is 88.5 Å². The molecule has 1 N–H and O–H groups in total. The number of carbonyl (C=O) groups excluding carboxylic acids is 1. The molecule has 3 aromatic rings. The molecule has 1 aliphatic heterocycles. The van der Waals surface area contributed by atoms with Crippen LogP contribution in [-0.4, -0.2) is 42.0 Å². The second-order valence-electron chi connectivity index (χ2n) is 8.38.